The van der Waals surface area contributed by atoms with E-state index in [0.717, 1.165) is 5.56 Å². The molecule has 1 atom stereocenters. The summed E-state index contributed by atoms with van der Waals surface area (Å²) in [4.78, 5) is 12.8. The molecule has 0 saturated carbocycles. The van der Waals surface area contributed by atoms with Gasteiger partial charge in [0, 0.05) is 18.1 Å². The number of hydrogen-bond acceptors (Lipinski definition) is 6. The molecule has 0 bridgehead atoms. The predicted octanol–water partition coefficient (Wildman–Crippen LogP) is 4.33. The lowest BCUT2D eigenvalue weighted by atomic mass is 10.0. The third-order valence-electron chi connectivity index (χ3n) is 5.12. The van der Waals surface area contributed by atoms with Gasteiger partial charge in [-0.05, 0) is 46.6 Å². The first-order chi connectivity index (χ1) is 16.7. The molecule has 3 aromatic rings. The van der Waals surface area contributed by atoms with Crippen LogP contribution in [0.2, 0.25) is 0 Å². The number of halogens is 1. The SMILES string of the molecule is COc1cc(OC)c(/C=N\NC(=O)C[C@H](NS(=O)(=O)c2ccc(C)cc2)c2ccccc2)cc1Br. The molecular weight excluding hydrogens is 534 g/mol. The highest BCUT2D eigenvalue weighted by Gasteiger charge is 2.23. The maximum Gasteiger partial charge on any atom is 0.242 e. The minimum Gasteiger partial charge on any atom is -0.496 e. The number of aryl methyl sites for hydroxylation is 1. The van der Waals surface area contributed by atoms with E-state index in [1.54, 1.807) is 55.6 Å². The summed E-state index contributed by atoms with van der Waals surface area (Å²) in [6.45, 7) is 1.88. The molecule has 0 fully saturated rings. The van der Waals surface area contributed by atoms with Crippen LogP contribution in [0, 0.1) is 6.92 Å². The summed E-state index contributed by atoms with van der Waals surface area (Å²) in [6, 6.07) is 18.1. The molecule has 35 heavy (non-hydrogen) atoms. The van der Waals surface area contributed by atoms with Crippen LogP contribution >= 0.6 is 15.9 Å². The second-order valence-electron chi connectivity index (χ2n) is 7.62. The average Bonchev–Trinajstić information content (AvgIpc) is 2.84. The van der Waals surface area contributed by atoms with Gasteiger partial charge in [-0.2, -0.15) is 5.10 Å². The van der Waals surface area contributed by atoms with Crippen molar-refractivity contribution < 1.29 is 22.7 Å². The predicted molar refractivity (Wildman–Crippen MR) is 138 cm³/mol. The number of carbonyl (C=O) groups excluding carboxylic acids is 1. The van der Waals surface area contributed by atoms with Crippen LogP contribution in [0.15, 0.2) is 81.2 Å². The van der Waals surface area contributed by atoms with Crippen LogP contribution in [-0.4, -0.2) is 34.8 Å². The number of hydrazone groups is 1. The molecule has 0 aliphatic carbocycles. The Labute approximate surface area is 213 Å². The first-order valence-corrected chi connectivity index (χ1v) is 12.9. The molecule has 0 saturated heterocycles. The van der Waals surface area contributed by atoms with Crippen molar-refractivity contribution >= 4 is 38.1 Å². The lowest BCUT2D eigenvalue weighted by Crippen LogP contribution is -2.32. The zero-order valence-electron chi connectivity index (χ0n) is 19.5. The van der Waals surface area contributed by atoms with E-state index in [4.69, 9.17) is 9.47 Å². The lowest BCUT2D eigenvalue weighted by molar-refractivity contribution is -0.121. The topological polar surface area (TPSA) is 106 Å². The van der Waals surface area contributed by atoms with E-state index >= 15 is 0 Å². The maximum atomic E-state index is 13.0. The third-order valence-corrected chi connectivity index (χ3v) is 7.22. The molecule has 0 radical (unpaired) electrons. The first-order valence-electron chi connectivity index (χ1n) is 10.6. The molecule has 3 rings (SSSR count). The Kier molecular flexibility index (Phi) is 9.02. The summed E-state index contributed by atoms with van der Waals surface area (Å²) < 4.78 is 39.9. The van der Waals surface area contributed by atoms with Gasteiger partial charge in [0.25, 0.3) is 0 Å². The molecule has 8 nitrogen and oxygen atoms in total. The van der Waals surface area contributed by atoms with E-state index in [1.807, 2.05) is 13.0 Å². The molecular formula is C25H26BrN3O5S. The van der Waals surface area contributed by atoms with Crippen LogP contribution < -0.4 is 19.6 Å². The van der Waals surface area contributed by atoms with Gasteiger partial charge in [-0.25, -0.2) is 18.6 Å². The monoisotopic (exact) mass is 559 g/mol. The molecule has 0 aliphatic heterocycles. The van der Waals surface area contributed by atoms with Crippen molar-refractivity contribution in [2.75, 3.05) is 14.2 Å². The van der Waals surface area contributed by atoms with Crippen molar-refractivity contribution in [1.29, 1.82) is 0 Å². The Hall–Kier alpha value is -3.21. The summed E-state index contributed by atoms with van der Waals surface area (Å²) in [6.07, 6.45) is 1.28. The summed E-state index contributed by atoms with van der Waals surface area (Å²) >= 11 is 3.41. The highest BCUT2D eigenvalue weighted by molar-refractivity contribution is 9.10. The van der Waals surface area contributed by atoms with Crippen molar-refractivity contribution in [1.82, 2.24) is 10.1 Å². The van der Waals surface area contributed by atoms with Crippen molar-refractivity contribution in [3.63, 3.8) is 0 Å². The number of nitrogens with zero attached hydrogens (tertiary/aromatic N) is 1. The fraction of sp³-hybridized carbons (Fsp3) is 0.200. The average molecular weight is 560 g/mol. The first kappa shape index (κ1) is 26.4. The fourth-order valence-electron chi connectivity index (χ4n) is 3.27. The maximum absolute atomic E-state index is 13.0. The van der Waals surface area contributed by atoms with Crippen LogP contribution in [0.4, 0.5) is 0 Å². The van der Waals surface area contributed by atoms with E-state index in [-0.39, 0.29) is 11.3 Å². The molecule has 0 aromatic heterocycles. The van der Waals surface area contributed by atoms with Crippen LogP contribution in [0.3, 0.4) is 0 Å². The molecule has 0 heterocycles. The van der Waals surface area contributed by atoms with E-state index in [2.05, 4.69) is 31.2 Å². The summed E-state index contributed by atoms with van der Waals surface area (Å²) in [7, 11) is -0.793. The van der Waals surface area contributed by atoms with Gasteiger partial charge in [-0.15, -0.1) is 0 Å². The number of sulfonamides is 1. The van der Waals surface area contributed by atoms with Crippen molar-refractivity contribution in [2.45, 2.75) is 24.3 Å². The number of methoxy groups -OCH3 is 2. The van der Waals surface area contributed by atoms with Crippen molar-refractivity contribution in [3.8, 4) is 11.5 Å². The number of hydrogen-bond donors (Lipinski definition) is 2. The number of amides is 1. The van der Waals surface area contributed by atoms with Gasteiger partial charge < -0.3 is 9.47 Å². The van der Waals surface area contributed by atoms with Gasteiger partial charge >= 0.3 is 0 Å². The Balaban J connectivity index is 1.76. The van der Waals surface area contributed by atoms with E-state index in [9.17, 15) is 13.2 Å². The summed E-state index contributed by atoms with van der Waals surface area (Å²) in [5.41, 5.74) is 4.67. The second kappa shape index (κ2) is 12.0. The van der Waals surface area contributed by atoms with E-state index in [1.165, 1.54) is 25.5 Å². The number of carbonyl (C=O) groups is 1. The van der Waals surface area contributed by atoms with E-state index < -0.39 is 22.0 Å². The van der Waals surface area contributed by atoms with Crippen LogP contribution in [0.25, 0.3) is 0 Å². The van der Waals surface area contributed by atoms with Gasteiger partial charge in [0.1, 0.15) is 11.5 Å². The third kappa shape index (κ3) is 7.14. The minimum absolute atomic E-state index is 0.125. The molecule has 0 spiro atoms. The number of rotatable bonds is 10. The van der Waals surface area contributed by atoms with Gasteiger partial charge in [0.2, 0.25) is 15.9 Å². The van der Waals surface area contributed by atoms with Crippen molar-refractivity contribution in [3.05, 3.63) is 87.9 Å². The standard InChI is InChI=1S/C25H26BrN3O5S/c1-17-9-11-20(12-10-17)35(31,32)29-22(18-7-5-4-6-8-18)14-25(30)28-27-16-19-13-21(26)24(34-3)15-23(19)33-2/h4-13,15-16,22,29H,14H2,1-3H3,(H,28,30)/b27-16-/t22-/m0/s1. The zero-order valence-corrected chi connectivity index (χ0v) is 21.9. The molecule has 2 N–H and O–H groups in total. The normalized spacial score (nSPS) is 12.3. The Morgan fingerprint density at radius 1 is 1.03 bits per heavy atom. The Bertz CT molecular complexity index is 1300. The molecule has 0 unspecified atom stereocenters. The lowest BCUT2D eigenvalue weighted by Gasteiger charge is -2.18. The summed E-state index contributed by atoms with van der Waals surface area (Å²) in [5.74, 6) is 0.638. The minimum atomic E-state index is -3.86. The van der Waals surface area contributed by atoms with Crippen LogP contribution in [-0.2, 0) is 14.8 Å². The second-order valence-corrected chi connectivity index (χ2v) is 10.2. The van der Waals surface area contributed by atoms with E-state index in [0.29, 0.717) is 27.1 Å². The Morgan fingerprint density at radius 3 is 2.31 bits per heavy atom. The number of benzene rings is 3. The van der Waals surface area contributed by atoms with Crippen molar-refractivity contribution in [2.24, 2.45) is 5.10 Å². The van der Waals surface area contributed by atoms with Crippen LogP contribution in [0.5, 0.6) is 11.5 Å². The van der Waals surface area contributed by atoms with Gasteiger partial charge in [0.15, 0.2) is 0 Å². The summed E-state index contributed by atoms with van der Waals surface area (Å²) in [5, 5.41) is 4.01. The zero-order chi connectivity index (χ0) is 25.4. The van der Waals surface area contributed by atoms with Crippen LogP contribution in [0.1, 0.15) is 29.2 Å². The van der Waals surface area contributed by atoms with Gasteiger partial charge in [-0.1, -0.05) is 48.0 Å². The molecule has 0 aliphatic rings. The number of ether oxygens (including phenoxy) is 2. The fourth-order valence-corrected chi connectivity index (χ4v) is 5.02. The molecule has 3 aromatic carbocycles. The van der Waals surface area contributed by atoms with Gasteiger partial charge in [-0.3, -0.25) is 4.79 Å². The van der Waals surface area contributed by atoms with Gasteiger partial charge in [0.05, 0.1) is 35.8 Å². The molecule has 1 amide bonds. The smallest absolute Gasteiger partial charge is 0.242 e. The largest absolute Gasteiger partial charge is 0.496 e. The Morgan fingerprint density at radius 2 is 1.69 bits per heavy atom. The number of nitrogens with one attached hydrogen (secondary N) is 2. The highest BCUT2D eigenvalue weighted by atomic mass is 79.9. The highest BCUT2D eigenvalue weighted by Crippen LogP contribution is 2.32. The molecule has 184 valence electrons. The molecule has 10 heteroatoms. The quantitative estimate of drug-likeness (QED) is 0.284.